The molecule has 10 heteroatoms. The van der Waals surface area contributed by atoms with Gasteiger partial charge in [0.25, 0.3) is 11.8 Å². The number of thiophene rings is 1. The van der Waals surface area contributed by atoms with Crippen LogP contribution in [-0.2, 0) is 9.59 Å². The lowest BCUT2D eigenvalue weighted by molar-refractivity contribution is -0.115. The first kappa shape index (κ1) is 26.3. The number of aromatic nitrogens is 1. The smallest absolute Gasteiger partial charge is 0.272 e. The molecule has 0 fully saturated rings. The van der Waals surface area contributed by atoms with Gasteiger partial charge in [-0.1, -0.05) is 18.2 Å². The molecule has 0 radical (unpaired) electrons. The quantitative estimate of drug-likeness (QED) is 0.175. The van der Waals surface area contributed by atoms with Crippen LogP contribution in [-0.4, -0.2) is 28.0 Å². The van der Waals surface area contributed by atoms with E-state index in [1.54, 1.807) is 42.5 Å². The van der Waals surface area contributed by atoms with E-state index in [1.807, 2.05) is 54.3 Å². The van der Waals surface area contributed by atoms with Crippen LogP contribution in [0.4, 0.5) is 10.8 Å². The first-order valence-electron chi connectivity index (χ1n) is 11.3. The van der Waals surface area contributed by atoms with Crippen molar-refractivity contribution in [1.29, 1.82) is 0 Å². The van der Waals surface area contributed by atoms with Crippen LogP contribution in [0.15, 0.2) is 87.4 Å². The summed E-state index contributed by atoms with van der Waals surface area (Å²) in [5, 5.41) is 14.3. The molecule has 4 aromatic rings. The summed E-state index contributed by atoms with van der Waals surface area (Å²) in [6, 6.07) is 17.8. The molecule has 3 amide bonds. The lowest BCUT2D eigenvalue weighted by Gasteiger charge is -2.13. The topological polar surface area (TPSA) is 100 Å². The monoisotopic (exact) mass is 548 g/mol. The minimum absolute atomic E-state index is 0.130. The molecule has 1 unspecified atom stereocenters. The molecule has 2 aromatic carbocycles. The van der Waals surface area contributed by atoms with Crippen molar-refractivity contribution in [3.63, 3.8) is 0 Å². The van der Waals surface area contributed by atoms with Crippen molar-refractivity contribution in [2.75, 3.05) is 10.6 Å². The largest absolute Gasteiger partial charge is 0.321 e. The lowest BCUT2D eigenvalue weighted by Crippen LogP contribution is -2.30. The Morgan fingerprint density at radius 3 is 2.38 bits per heavy atom. The van der Waals surface area contributed by atoms with Gasteiger partial charge in [0.05, 0.1) is 10.9 Å². The van der Waals surface area contributed by atoms with Gasteiger partial charge in [0.1, 0.15) is 5.70 Å². The van der Waals surface area contributed by atoms with Crippen LogP contribution < -0.4 is 16.0 Å². The van der Waals surface area contributed by atoms with Gasteiger partial charge in [-0.2, -0.15) is 11.3 Å². The Hall–Kier alpha value is -3.73. The van der Waals surface area contributed by atoms with E-state index >= 15 is 0 Å². The highest BCUT2D eigenvalue weighted by atomic mass is 32.2. The highest BCUT2D eigenvalue weighted by Crippen LogP contribution is 2.26. The first-order valence-corrected chi connectivity index (χ1v) is 14.0. The van der Waals surface area contributed by atoms with Gasteiger partial charge in [-0.15, -0.1) is 23.1 Å². The van der Waals surface area contributed by atoms with E-state index in [4.69, 9.17) is 0 Å². The molecule has 0 spiro atoms. The molecule has 0 saturated heterocycles. The van der Waals surface area contributed by atoms with Crippen LogP contribution in [0.3, 0.4) is 0 Å². The summed E-state index contributed by atoms with van der Waals surface area (Å²) in [5.41, 5.74) is 2.83. The number of carbonyl (C=O) groups is 3. The summed E-state index contributed by atoms with van der Waals surface area (Å²) in [4.78, 5) is 43.4. The Kier molecular flexibility index (Phi) is 8.89. The number of rotatable bonds is 9. The molecule has 0 aliphatic carbocycles. The molecule has 3 N–H and O–H groups in total. The van der Waals surface area contributed by atoms with Gasteiger partial charge in [0.2, 0.25) is 5.91 Å². The molecule has 4 rings (SSSR count). The number of hydrogen-bond acceptors (Lipinski definition) is 7. The van der Waals surface area contributed by atoms with E-state index in [1.165, 1.54) is 34.4 Å². The third kappa shape index (κ3) is 7.63. The van der Waals surface area contributed by atoms with Crippen LogP contribution in [0.5, 0.6) is 0 Å². The fraction of sp³-hybridized carbons (Fsp3) is 0.111. The molecule has 2 aromatic heterocycles. The molecular formula is C27H24N4O3S3. The standard InChI is InChI=1S/C27H24N4O3S3/c1-17-15-36-27(28-17)31-24(32)18(2)37-22-10-8-21(9-11-22)29-26(34)23(14-19-12-13-35-16-19)30-25(33)20-6-4-3-5-7-20/h3-16,18H,1-2H3,(H,29,34)(H,30,33)(H,28,31,32)/b23-14-. The molecule has 0 bridgehead atoms. The average Bonchev–Trinajstić information content (AvgIpc) is 3.56. The molecule has 37 heavy (non-hydrogen) atoms. The Bertz CT molecular complexity index is 1400. The fourth-order valence-corrected chi connectivity index (χ4v) is 5.33. The van der Waals surface area contributed by atoms with E-state index in [0.717, 1.165) is 16.2 Å². The summed E-state index contributed by atoms with van der Waals surface area (Å²) < 4.78 is 0. The predicted molar refractivity (Wildman–Crippen MR) is 152 cm³/mol. The van der Waals surface area contributed by atoms with Crippen LogP contribution in [0.2, 0.25) is 0 Å². The minimum Gasteiger partial charge on any atom is -0.321 e. The van der Waals surface area contributed by atoms with E-state index < -0.39 is 5.91 Å². The van der Waals surface area contributed by atoms with Crippen molar-refractivity contribution in [3.8, 4) is 0 Å². The van der Waals surface area contributed by atoms with Crippen molar-refractivity contribution in [3.05, 3.63) is 99.3 Å². The maximum absolute atomic E-state index is 13.1. The second kappa shape index (κ2) is 12.5. The molecule has 0 saturated carbocycles. The summed E-state index contributed by atoms with van der Waals surface area (Å²) in [5.74, 6) is -0.944. The molecular weight excluding hydrogens is 525 g/mol. The summed E-state index contributed by atoms with van der Waals surface area (Å²) in [6.07, 6.45) is 1.64. The molecule has 7 nitrogen and oxygen atoms in total. The van der Waals surface area contributed by atoms with Crippen molar-refractivity contribution in [1.82, 2.24) is 10.3 Å². The van der Waals surface area contributed by atoms with Gasteiger partial charge in [-0.05, 0) is 78.7 Å². The molecule has 2 heterocycles. The number of carbonyl (C=O) groups excluding carboxylic acids is 3. The second-order valence-electron chi connectivity index (χ2n) is 7.96. The van der Waals surface area contributed by atoms with Crippen LogP contribution >= 0.6 is 34.4 Å². The van der Waals surface area contributed by atoms with E-state index in [0.29, 0.717) is 16.4 Å². The Morgan fingerprint density at radius 2 is 1.73 bits per heavy atom. The number of anilines is 2. The SMILES string of the molecule is Cc1csc(NC(=O)C(C)Sc2ccc(NC(=O)/C(=C/c3ccsc3)NC(=O)c3ccccc3)cc2)n1. The van der Waals surface area contributed by atoms with Gasteiger partial charge in [-0.25, -0.2) is 4.98 Å². The number of hydrogen-bond donors (Lipinski definition) is 3. The van der Waals surface area contributed by atoms with Crippen molar-refractivity contribution in [2.45, 2.75) is 24.0 Å². The third-order valence-electron chi connectivity index (χ3n) is 5.03. The van der Waals surface area contributed by atoms with Gasteiger partial charge >= 0.3 is 0 Å². The van der Waals surface area contributed by atoms with E-state index in [2.05, 4.69) is 20.9 Å². The Labute approximate surface area is 227 Å². The molecule has 0 aliphatic heterocycles. The van der Waals surface area contributed by atoms with Gasteiger partial charge < -0.3 is 16.0 Å². The number of thiazole rings is 1. The third-order valence-corrected chi connectivity index (χ3v) is 7.72. The molecule has 0 aliphatic rings. The number of amides is 3. The number of thioether (sulfide) groups is 1. The van der Waals surface area contributed by atoms with Crippen molar-refractivity contribution >= 4 is 69.1 Å². The summed E-state index contributed by atoms with van der Waals surface area (Å²) >= 11 is 4.30. The highest BCUT2D eigenvalue weighted by Gasteiger charge is 2.17. The Balaban J connectivity index is 1.39. The number of benzene rings is 2. The van der Waals surface area contributed by atoms with Crippen LogP contribution in [0.25, 0.3) is 6.08 Å². The maximum Gasteiger partial charge on any atom is 0.272 e. The predicted octanol–water partition coefficient (Wildman–Crippen LogP) is 6.04. The molecule has 1 atom stereocenters. The number of aryl methyl sites for hydroxylation is 1. The zero-order valence-electron chi connectivity index (χ0n) is 20.1. The van der Waals surface area contributed by atoms with Crippen LogP contribution in [0.1, 0.15) is 28.5 Å². The maximum atomic E-state index is 13.1. The lowest BCUT2D eigenvalue weighted by atomic mass is 10.2. The number of nitrogens with zero attached hydrogens (tertiary/aromatic N) is 1. The van der Waals surface area contributed by atoms with Crippen LogP contribution in [0, 0.1) is 6.92 Å². The summed E-state index contributed by atoms with van der Waals surface area (Å²) in [6.45, 7) is 3.70. The van der Waals surface area contributed by atoms with Gasteiger partial charge in [0.15, 0.2) is 5.13 Å². The second-order valence-corrected chi connectivity index (χ2v) is 11.0. The Morgan fingerprint density at radius 1 is 0.973 bits per heavy atom. The zero-order valence-corrected chi connectivity index (χ0v) is 22.5. The van der Waals surface area contributed by atoms with Crippen molar-refractivity contribution < 1.29 is 14.4 Å². The highest BCUT2D eigenvalue weighted by molar-refractivity contribution is 8.00. The number of nitrogens with one attached hydrogen (secondary N) is 3. The zero-order chi connectivity index (χ0) is 26.2. The van der Waals surface area contributed by atoms with E-state index in [9.17, 15) is 14.4 Å². The van der Waals surface area contributed by atoms with E-state index in [-0.39, 0.29) is 22.8 Å². The first-order chi connectivity index (χ1) is 17.9. The summed E-state index contributed by atoms with van der Waals surface area (Å²) in [7, 11) is 0. The van der Waals surface area contributed by atoms with Gasteiger partial charge in [0, 0.05) is 21.5 Å². The normalized spacial score (nSPS) is 12.0. The molecule has 188 valence electrons. The van der Waals surface area contributed by atoms with Crippen molar-refractivity contribution in [2.24, 2.45) is 0 Å². The van der Waals surface area contributed by atoms with Gasteiger partial charge in [-0.3, -0.25) is 14.4 Å². The fourth-order valence-electron chi connectivity index (χ4n) is 3.16. The average molecular weight is 549 g/mol. The minimum atomic E-state index is -0.442.